The van der Waals surface area contributed by atoms with E-state index in [1.165, 1.54) is 6.07 Å². The molecule has 1 N–H and O–H groups in total. The summed E-state index contributed by atoms with van der Waals surface area (Å²) in [4.78, 5) is 32.8. The number of piperazine rings is 1. The maximum Gasteiger partial charge on any atom is 0.267 e. The van der Waals surface area contributed by atoms with Crippen molar-refractivity contribution in [1.82, 2.24) is 20.1 Å². The molecule has 0 saturated carbocycles. The van der Waals surface area contributed by atoms with Crippen LogP contribution in [0.4, 0.5) is 10.2 Å². The first kappa shape index (κ1) is 22.0. The van der Waals surface area contributed by atoms with Gasteiger partial charge in [0.2, 0.25) is 0 Å². The molecule has 3 aromatic rings. The molecule has 1 fully saturated rings. The largest absolute Gasteiger partial charge is 0.353 e. The number of nitrogens with one attached hydrogen (secondary N) is 1. The summed E-state index contributed by atoms with van der Waals surface area (Å²) >= 11 is 5.89. The van der Waals surface area contributed by atoms with Crippen molar-refractivity contribution in [3.05, 3.63) is 86.2 Å². The summed E-state index contributed by atoms with van der Waals surface area (Å²) < 4.78 is 14.5. The number of anilines is 1. The highest BCUT2D eigenvalue weighted by Crippen LogP contribution is 2.19. The van der Waals surface area contributed by atoms with Gasteiger partial charge in [0, 0.05) is 44.4 Å². The molecule has 0 atom stereocenters. The number of hydrogen-bond acceptors (Lipinski definition) is 5. The van der Waals surface area contributed by atoms with Crippen molar-refractivity contribution in [2.45, 2.75) is 19.8 Å². The number of aromatic nitrogens is 3. The number of carbonyl (C=O) groups excluding carboxylic acids is 1. The minimum absolute atomic E-state index is 0.0423. The molecule has 0 spiro atoms. The van der Waals surface area contributed by atoms with Crippen LogP contribution < -0.4 is 10.5 Å². The summed E-state index contributed by atoms with van der Waals surface area (Å²) in [6, 6.07) is 9.88. The molecule has 1 saturated heterocycles. The fraction of sp³-hybridized carbons (Fsp3) is 0.304. The van der Waals surface area contributed by atoms with Gasteiger partial charge < -0.3 is 9.80 Å². The molecule has 1 aliphatic heterocycles. The average Bonchev–Trinajstić information content (AvgIpc) is 2.81. The third kappa shape index (κ3) is 4.80. The first-order valence-corrected chi connectivity index (χ1v) is 10.8. The molecule has 0 bridgehead atoms. The van der Waals surface area contributed by atoms with Crippen molar-refractivity contribution >= 4 is 23.3 Å². The second kappa shape index (κ2) is 9.48. The van der Waals surface area contributed by atoms with E-state index in [0.717, 1.165) is 11.4 Å². The Morgan fingerprint density at radius 2 is 1.94 bits per heavy atom. The average molecular weight is 456 g/mol. The molecule has 0 aliphatic carbocycles. The lowest BCUT2D eigenvalue weighted by atomic mass is 10.0. The highest BCUT2D eigenvalue weighted by atomic mass is 35.5. The summed E-state index contributed by atoms with van der Waals surface area (Å²) in [5.74, 6) is -0.0875. The molecule has 0 unspecified atom stereocenters. The molecule has 4 rings (SSSR count). The Balaban J connectivity index is 1.46. The maximum absolute atomic E-state index is 14.5. The van der Waals surface area contributed by atoms with Crippen molar-refractivity contribution in [2.75, 3.05) is 31.1 Å². The Hall–Kier alpha value is -3.26. The number of hydrogen-bond donors (Lipinski definition) is 1. The van der Waals surface area contributed by atoms with E-state index >= 15 is 0 Å². The fourth-order valence-electron chi connectivity index (χ4n) is 3.77. The third-order valence-electron chi connectivity index (χ3n) is 5.56. The summed E-state index contributed by atoms with van der Waals surface area (Å²) in [6.45, 7) is 4.03. The van der Waals surface area contributed by atoms with Crippen LogP contribution in [0, 0.1) is 5.82 Å². The van der Waals surface area contributed by atoms with E-state index < -0.39 is 5.82 Å². The lowest BCUT2D eigenvalue weighted by Gasteiger charge is -2.35. The second-order valence-electron chi connectivity index (χ2n) is 7.67. The normalized spacial score (nSPS) is 14.0. The van der Waals surface area contributed by atoms with Crippen molar-refractivity contribution < 1.29 is 9.18 Å². The first-order valence-electron chi connectivity index (χ1n) is 10.5. The summed E-state index contributed by atoms with van der Waals surface area (Å²) in [5, 5.41) is 7.12. The van der Waals surface area contributed by atoms with Crippen LogP contribution >= 0.6 is 11.6 Å². The SMILES string of the molecule is CCc1cc(Cc2ccc(F)c(C(=O)N3CCN(c4ccc(Cl)cn4)CC3)c2)n[nH]c1=O. The number of pyridine rings is 1. The van der Waals surface area contributed by atoms with Gasteiger partial charge in [-0.3, -0.25) is 9.59 Å². The number of H-pyrrole nitrogens is 1. The second-order valence-corrected chi connectivity index (χ2v) is 8.11. The zero-order valence-corrected chi connectivity index (χ0v) is 18.4. The van der Waals surface area contributed by atoms with E-state index in [4.69, 9.17) is 11.6 Å². The van der Waals surface area contributed by atoms with E-state index in [9.17, 15) is 14.0 Å². The van der Waals surface area contributed by atoms with E-state index in [1.54, 1.807) is 35.4 Å². The van der Waals surface area contributed by atoms with Crippen molar-refractivity contribution in [3.63, 3.8) is 0 Å². The fourth-order valence-corrected chi connectivity index (χ4v) is 3.88. The van der Waals surface area contributed by atoms with Gasteiger partial charge in [0.05, 0.1) is 16.3 Å². The van der Waals surface area contributed by atoms with Gasteiger partial charge in [0.1, 0.15) is 11.6 Å². The molecule has 0 radical (unpaired) electrons. The van der Waals surface area contributed by atoms with Crippen LogP contribution in [0.15, 0.2) is 47.4 Å². The van der Waals surface area contributed by atoms with Gasteiger partial charge in [-0.2, -0.15) is 5.10 Å². The Kier molecular flexibility index (Phi) is 6.50. The monoisotopic (exact) mass is 455 g/mol. The number of carbonyl (C=O) groups is 1. The number of nitrogens with zero attached hydrogens (tertiary/aromatic N) is 4. The minimum atomic E-state index is -0.552. The lowest BCUT2D eigenvalue weighted by Crippen LogP contribution is -2.49. The topological polar surface area (TPSA) is 82.2 Å². The lowest BCUT2D eigenvalue weighted by molar-refractivity contribution is 0.0741. The number of aryl methyl sites for hydroxylation is 1. The zero-order valence-electron chi connectivity index (χ0n) is 17.6. The van der Waals surface area contributed by atoms with E-state index in [1.807, 2.05) is 13.0 Å². The number of amides is 1. The predicted molar refractivity (Wildman–Crippen MR) is 121 cm³/mol. The molecule has 32 heavy (non-hydrogen) atoms. The molecule has 2 aromatic heterocycles. The van der Waals surface area contributed by atoms with Crippen LogP contribution in [0.25, 0.3) is 0 Å². The smallest absolute Gasteiger partial charge is 0.267 e. The Bertz CT molecular complexity index is 1170. The Morgan fingerprint density at radius 3 is 2.62 bits per heavy atom. The van der Waals surface area contributed by atoms with Gasteiger partial charge in [0.15, 0.2) is 0 Å². The minimum Gasteiger partial charge on any atom is -0.353 e. The van der Waals surface area contributed by atoms with Gasteiger partial charge in [-0.1, -0.05) is 24.6 Å². The van der Waals surface area contributed by atoms with Gasteiger partial charge in [0.25, 0.3) is 11.5 Å². The van der Waals surface area contributed by atoms with Crippen LogP contribution in [-0.4, -0.2) is 52.2 Å². The highest BCUT2D eigenvalue weighted by Gasteiger charge is 2.25. The van der Waals surface area contributed by atoms with Gasteiger partial charge >= 0.3 is 0 Å². The molecule has 7 nitrogen and oxygen atoms in total. The van der Waals surface area contributed by atoms with Gasteiger partial charge in [-0.05, 0) is 42.3 Å². The van der Waals surface area contributed by atoms with Gasteiger partial charge in [-0.15, -0.1) is 0 Å². The van der Waals surface area contributed by atoms with Crippen LogP contribution in [0.1, 0.15) is 34.1 Å². The van der Waals surface area contributed by atoms with Crippen LogP contribution in [0.5, 0.6) is 0 Å². The van der Waals surface area contributed by atoms with Crippen molar-refractivity contribution in [1.29, 1.82) is 0 Å². The quantitative estimate of drug-likeness (QED) is 0.639. The summed E-state index contributed by atoms with van der Waals surface area (Å²) in [5.41, 5.74) is 1.89. The van der Waals surface area contributed by atoms with Gasteiger partial charge in [-0.25, -0.2) is 14.5 Å². The molecular formula is C23H23ClFN5O2. The molecule has 3 heterocycles. The van der Waals surface area contributed by atoms with Crippen molar-refractivity contribution in [2.24, 2.45) is 0 Å². The Labute approximate surface area is 189 Å². The highest BCUT2D eigenvalue weighted by molar-refractivity contribution is 6.30. The van der Waals surface area contributed by atoms with Crippen molar-refractivity contribution in [3.8, 4) is 0 Å². The number of rotatable bonds is 5. The first-order chi connectivity index (χ1) is 15.4. The Morgan fingerprint density at radius 1 is 1.16 bits per heavy atom. The molecule has 166 valence electrons. The number of benzene rings is 1. The molecule has 1 aliphatic rings. The standard InChI is InChI=1S/C23H23ClFN5O2/c1-2-16-13-18(27-28-22(16)31)11-15-3-5-20(25)19(12-15)23(32)30-9-7-29(8-10-30)21-6-4-17(24)14-26-21/h3-6,12-14H,2,7-11H2,1H3,(H,28,31). The van der Waals surface area contributed by atoms with Crippen LogP contribution in [-0.2, 0) is 12.8 Å². The predicted octanol–water partition coefficient (Wildman–Crippen LogP) is 3.07. The van der Waals surface area contributed by atoms with E-state index in [2.05, 4.69) is 20.1 Å². The van der Waals surface area contributed by atoms with E-state index in [0.29, 0.717) is 55.3 Å². The molecular weight excluding hydrogens is 433 g/mol. The molecule has 9 heteroatoms. The molecule has 1 amide bonds. The maximum atomic E-state index is 14.5. The number of halogens is 2. The summed E-state index contributed by atoms with van der Waals surface area (Å²) in [6.07, 6.45) is 2.58. The third-order valence-corrected chi connectivity index (χ3v) is 5.79. The summed E-state index contributed by atoms with van der Waals surface area (Å²) in [7, 11) is 0. The molecule has 1 aromatic carbocycles. The van der Waals surface area contributed by atoms with Crippen LogP contribution in [0.2, 0.25) is 5.02 Å². The number of aromatic amines is 1. The van der Waals surface area contributed by atoms with Crippen LogP contribution in [0.3, 0.4) is 0 Å². The van der Waals surface area contributed by atoms with E-state index in [-0.39, 0.29) is 17.0 Å². The zero-order chi connectivity index (χ0) is 22.7.